The van der Waals surface area contributed by atoms with E-state index < -0.39 is 11.0 Å². The van der Waals surface area contributed by atoms with Crippen molar-refractivity contribution in [1.82, 2.24) is 29.2 Å². The molecular weight excluding hydrogens is 468 g/mol. The van der Waals surface area contributed by atoms with Crippen molar-refractivity contribution in [3.05, 3.63) is 40.1 Å². The zero-order chi connectivity index (χ0) is 24.9. The van der Waals surface area contributed by atoms with Crippen molar-refractivity contribution in [2.24, 2.45) is 0 Å². The number of H-pyrrole nitrogens is 1. The van der Waals surface area contributed by atoms with Gasteiger partial charge in [-0.05, 0) is 57.9 Å². The highest BCUT2D eigenvalue weighted by atomic mass is 32.2. The van der Waals surface area contributed by atoms with E-state index in [0.29, 0.717) is 65.4 Å². The summed E-state index contributed by atoms with van der Waals surface area (Å²) in [6, 6.07) is 5.66. The number of aliphatic hydroxyl groups excluding tert-OH is 1. The van der Waals surface area contributed by atoms with Crippen molar-refractivity contribution in [3.63, 3.8) is 0 Å². The van der Waals surface area contributed by atoms with Gasteiger partial charge in [0.25, 0.3) is 5.56 Å². The molecule has 0 radical (unpaired) electrons. The number of imidazole rings is 1. The molecule has 1 aliphatic heterocycles. The molecule has 1 aliphatic rings. The Morgan fingerprint density at radius 1 is 1.29 bits per heavy atom. The van der Waals surface area contributed by atoms with E-state index in [1.807, 2.05) is 18.2 Å². The lowest BCUT2D eigenvalue weighted by molar-refractivity contribution is 0.232. The number of unbranched alkanes of at least 4 members (excludes halogenated alkanes) is 1. The van der Waals surface area contributed by atoms with E-state index in [1.54, 1.807) is 22.7 Å². The van der Waals surface area contributed by atoms with Crippen LogP contribution in [0.1, 0.15) is 44.6 Å². The van der Waals surface area contributed by atoms with Crippen molar-refractivity contribution in [2.75, 3.05) is 32.8 Å². The van der Waals surface area contributed by atoms with Gasteiger partial charge in [-0.15, -0.1) is 5.10 Å². The van der Waals surface area contributed by atoms with E-state index >= 15 is 0 Å². The van der Waals surface area contributed by atoms with Gasteiger partial charge in [0, 0.05) is 32.2 Å². The number of nitrogens with one attached hydrogen (secondary N) is 2. The highest BCUT2D eigenvalue weighted by Gasteiger charge is 2.31. The third-order valence-electron chi connectivity index (χ3n) is 6.02. The maximum absolute atomic E-state index is 13.3. The number of rotatable bonds is 12. The average Bonchev–Trinajstić information content (AvgIpc) is 3.13. The van der Waals surface area contributed by atoms with Gasteiger partial charge < -0.3 is 20.1 Å². The second-order valence-corrected chi connectivity index (χ2v) is 10.2. The maximum Gasteiger partial charge on any atom is 0.277 e. The van der Waals surface area contributed by atoms with Gasteiger partial charge in [0.15, 0.2) is 11.3 Å². The maximum atomic E-state index is 13.3. The Labute approximate surface area is 207 Å². The molecule has 1 unspecified atom stereocenters. The van der Waals surface area contributed by atoms with Crippen LogP contribution in [0.2, 0.25) is 0 Å². The summed E-state index contributed by atoms with van der Waals surface area (Å²) in [5, 5.41) is 17.0. The van der Waals surface area contributed by atoms with E-state index in [0.717, 1.165) is 31.6 Å². The summed E-state index contributed by atoms with van der Waals surface area (Å²) in [6.07, 6.45) is 3.29. The number of aliphatic hydroxyl groups is 1. The molecule has 2 aromatic heterocycles. The Hall–Kier alpha value is -2.60. The molecule has 1 atom stereocenters. The van der Waals surface area contributed by atoms with E-state index in [9.17, 15) is 9.00 Å². The number of nitrogens with zero attached hydrogens (tertiary/aromatic N) is 4. The van der Waals surface area contributed by atoms with E-state index in [2.05, 4.69) is 22.2 Å². The summed E-state index contributed by atoms with van der Waals surface area (Å²) in [6.45, 7) is 8.62. The van der Waals surface area contributed by atoms with Crippen LogP contribution in [0.15, 0.2) is 27.9 Å². The summed E-state index contributed by atoms with van der Waals surface area (Å²) in [5.41, 5.74) is 1.40. The van der Waals surface area contributed by atoms with Crippen LogP contribution in [-0.4, -0.2) is 72.1 Å². The van der Waals surface area contributed by atoms with Crippen LogP contribution >= 0.6 is 0 Å². The molecule has 1 saturated heterocycles. The van der Waals surface area contributed by atoms with Crippen LogP contribution in [0.5, 0.6) is 5.75 Å². The third-order valence-corrected chi connectivity index (χ3v) is 7.45. The molecule has 3 aromatic rings. The van der Waals surface area contributed by atoms with E-state index in [4.69, 9.17) is 14.9 Å². The quantitative estimate of drug-likeness (QED) is 0.323. The minimum Gasteiger partial charge on any atom is -0.493 e. The molecule has 0 spiro atoms. The number of fused-ring (bicyclic) bond motifs is 1. The summed E-state index contributed by atoms with van der Waals surface area (Å²) in [4.78, 5) is 21.0. The Balaban J connectivity index is 1.61. The molecule has 1 fully saturated rings. The first-order valence-electron chi connectivity index (χ1n) is 12.2. The second-order valence-electron chi connectivity index (χ2n) is 8.70. The Bertz CT molecular complexity index is 1250. The Kier molecular flexibility index (Phi) is 8.32. The van der Waals surface area contributed by atoms with Crippen LogP contribution in [0.4, 0.5) is 0 Å². The third kappa shape index (κ3) is 5.48. The van der Waals surface area contributed by atoms with Crippen molar-refractivity contribution in [3.8, 4) is 17.1 Å². The summed E-state index contributed by atoms with van der Waals surface area (Å²) in [5.74, 6) is 1.66. The summed E-state index contributed by atoms with van der Waals surface area (Å²) >= 11 is 0. The zero-order valence-electron chi connectivity index (χ0n) is 20.5. The topological polar surface area (TPSA) is 125 Å². The molecule has 10 nitrogen and oxygen atoms in total. The van der Waals surface area contributed by atoms with Crippen molar-refractivity contribution >= 4 is 16.5 Å². The fourth-order valence-corrected chi connectivity index (χ4v) is 5.55. The second kappa shape index (κ2) is 11.4. The van der Waals surface area contributed by atoms with Gasteiger partial charge >= 0.3 is 0 Å². The summed E-state index contributed by atoms with van der Waals surface area (Å²) in [7, 11) is -1.34. The first kappa shape index (κ1) is 25.5. The van der Waals surface area contributed by atoms with Gasteiger partial charge in [-0.25, -0.2) is 18.0 Å². The van der Waals surface area contributed by atoms with E-state index in [-0.39, 0.29) is 12.2 Å². The number of aromatic nitrogens is 4. The average molecular weight is 503 g/mol. The molecular formula is C24H34N6O4S. The predicted molar refractivity (Wildman–Crippen MR) is 135 cm³/mol. The highest BCUT2D eigenvalue weighted by Crippen LogP contribution is 2.31. The van der Waals surface area contributed by atoms with Crippen LogP contribution in [0.25, 0.3) is 16.9 Å². The Morgan fingerprint density at radius 2 is 2.09 bits per heavy atom. The van der Waals surface area contributed by atoms with Crippen LogP contribution < -0.4 is 15.6 Å². The molecule has 190 valence electrons. The van der Waals surface area contributed by atoms with Gasteiger partial charge in [0.05, 0.1) is 22.8 Å². The largest absolute Gasteiger partial charge is 0.493 e. The normalized spacial score (nSPS) is 15.4. The zero-order valence-corrected chi connectivity index (χ0v) is 21.4. The molecule has 4 rings (SSSR count). The van der Waals surface area contributed by atoms with E-state index in [1.165, 1.54) is 0 Å². The summed E-state index contributed by atoms with van der Waals surface area (Å²) < 4.78 is 22.6. The predicted octanol–water partition coefficient (Wildman–Crippen LogP) is 1.81. The minimum absolute atomic E-state index is 0.204. The number of aryl methyl sites for hydroxylation is 2. The highest BCUT2D eigenvalue weighted by molar-refractivity contribution is 7.82. The molecule has 1 aromatic carbocycles. The molecule has 3 N–H and O–H groups in total. The molecule has 11 heteroatoms. The lowest BCUT2D eigenvalue weighted by Gasteiger charge is -2.38. The van der Waals surface area contributed by atoms with Gasteiger partial charge in [0.2, 0.25) is 0 Å². The lowest BCUT2D eigenvalue weighted by Crippen LogP contribution is -2.58. The first-order chi connectivity index (χ1) is 17.0. The molecule has 0 aliphatic carbocycles. The number of hydrogen-bond acceptors (Lipinski definition) is 7. The van der Waals surface area contributed by atoms with Crippen molar-refractivity contribution < 1.29 is 14.1 Å². The van der Waals surface area contributed by atoms with Crippen molar-refractivity contribution in [2.45, 2.75) is 57.4 Å². The van der Waals surface area contributed by atoms with Crippen molar-refractivity contribution in [1.29, 1.82) is 0 Å². The van der Waals surface area contributed by atoms with Gasteiger partial charge in [-0.3, -0.25) is 4.79 Å². The number of benzene rings is 1. The van der Waals surface area contributed by atoms with Gasteiger partial charge in [-0.2, -0.15) is 0 Å². The fourth-order valence-electron chi connectivity index (χ4n) is 4.22. The number of ether oxygens (including phenoxy) is 1. The SMILES string of the molecule is CCCc1nc(C)c2c(=O)[nH]c(-c3cc(S(=O)N4CC(NCCCCO)C4)ccc3OCC)nn12. The number of hydrogen-bond donors (Lipinski definition) is 3. The Morgan fingerprint density at radius 3 is 2.80 bits per heavy atom. The van der Waals surface area contributed by atoms with Gasteiger partial charge in [0.1, 0.15) is 22.6 Å². The standard InChI is InChI=1S/C24H34N6O4S/c1-4-8-21-26-16(3)22-24(32)27-23(28-30(21)22)19-13-18(9-10-20(19)34-5-2)35(33)29-14-17(15-29)25-11-6-7-12-31/h9-10,13,17,25,31H,4-8,11-12,14-15H2,1-3H3,(H,27,28,32). The first-order valence-corrected chi connectivity index (χ1v) is 13.3. The van der Waals surface area contributed by atoms with Crippen LogP contribution in [-0.2, 0) is 17.4 Å². The molecule has 0 bridgehead atoms. The number of aromatic amines is 1. The fraction of sp³-hybridized carbons (Fsp3) is 0.542. The minimum atomic E-state index is -1.34. The van der Waals surface area contributed by atoms with Crippen LogP contribution in [0.3, 0.4) is 0 Å². The molecule has 0 amide bonds. The van der Waals surface area contributed by atoms with Gasteiger partial charge in [-0.1, -0.05) is 6.92 Å². The molecule has 35 heavy (non-hydrogen) atoms. The molecule has 0 saturated carbocycles. The van der Waals surface area contributed by atoms with Crippen LogP contribution in [0, 0.1) is 6.92 Å². The lowest BCUT2D eigenvalue weighted by atomic mass is 10.2. The monoisotopic (exact) mass is 502 g/mol. The smallest absolute Gasteiger partial charge is 0.277 e. The molecule has 3 heterocycles.